The maximum atomic E-state index is 11.0. The molecule has 0 fully saturated rings. The number of aromatic nitrogens is 1. The van der Waals surface area contributed by atoms with E-state index in [0.29, 0.717) is 25.5 Å². The molecule has 1 heterocycles. The van der Waals surface area contributed by atoms with E-state index in [4.69, 9.17) is 9.47 Å². The average molecular weight is 303 g/mol. The third kappa shape index (κ3) is 4.42. The summed E-state index contributed by atoms with van der Waals surface area (Å²) in [5, 5.41) is 13.9. The molecule has 0 aliphatic carbocycles. The molecule has 0 saturated heterocycles. The molecule has 0 bridgehead atoms. The van der Waals surface area contributed by atoms with Gasteiger partial charge in [-0.2, -0.15) is 4.98 Å². The highest BCUT2D eigenvalue weighted by Gasteiger charge is 2.16. The summed E-state index contributed by atoms with van der Waals surface area (Å²) in [5.41, 5.74) is -0.100. The molecular weight excluding hydrogens is 286 g/mol. The summed E-state index contributed by atoms with van der Waals surface area (Å²) in [5.74, 6) is 1.07. The zero-order valence-corrected chi connectivity index (χ0v) is 12.2. The molecule has 0 radical (unpaired) electrons. The van der Waals surface area contributed by atoms with Gasteiger partial charge in [0.25, 0.3) is 0 Å². The SMILES string of the molecule is CCOCCNc1nc(Oc2ccccc2)ccc1[N+](=O)[O-]. The molecule has 1 N–H and O–H groups in total. The lowest BCUT2D eigenvalue weighted by Gasteiger charge is -2.09. The number of rotatable bonds is 8. The standard InChI is InChI=1S/C15H17N3O4/c1-2-21-11-10-16-15-13(18(19)20)8-9-14(17-15)22-12-6-4-3-5-7-12/h3-9H,2,10-11H2,1H3,(H,16,17). The third-order valence-corrected chi connectivity index (χ3v) is 2.75. The summed E-state index contributed by atoms with van der Waals surface area (Å²) in [6.45, 7) is 3.35. The van der Waals surface area contributed by atoms with Crippen molar-refractivity contribution in [3.8, 4) is 11.6 Å². The molecule has 1 aromatic heterocycles. The highest BCUT2D eigenvalue weighted by molar-refractivity contribution is 5.57. The van der Waals surface area contributed by atoms with Crippen LogP contribution in [0.1, 0.15) is 6.92 Å². The number of para-hydroxylation sites is 1. The van der Waals surface area contributed by atoms with Crippen LogP contribution >= 0.6 is 0 Å². The molecule has 1 aromatic carbocycles. The van der Waals surface area contributed by atoms with Crippen LogP contribution in [0.2, 0.25) is 0 Å². The van der Waals surface area contributed by atoms with Gasteiger partial charge in [-0.05, 0) is 19.1 Å². The van der Waals surface area contributed by atoms with Gasteiger partial charge in [0.15, 0.2) is 0 Å². The Hall–Kier alpha value is -2.67. The van der Waals surface area contributed by atoms with Gasteiger partial charge in [-0.15, -0.1) is 0 Å². The van der Waals surface area contributed by atoms with Gasteiger partial charge in [-0.25, -0.2) is 0 Å². The molecule has 2 rings (SSSR count). The van der Waals surface area contributed by atoms with Crippen LogP contribution in [0.3, 0.4) is 0 Å². The Kier molecular flexibility index (Phi) is 5.67. The monoisotopic (exact) mass is 303 g/mol. The van der Waals surface area contributed by atoms with Gasteiger partial charge < -0.3 is 14.8 Å². The summed E-state index contributed by atoms with van der Waals surface area (Å²) in [6.07, 6.45) is 0. The molecular formula is C15H17N3O4. The normalized spacial score (nSPS) is 10.2. The summed E-state index contributed by atoms with van der Waals surface area (Å²) in [6, 6.07) is 11.9. The van der Waals surface area contributed by atoms with Crippen LogP contribution in [0.5, 0.6) is 11.6 Å². The molecule has 0 unspecified atom stereocenters. The van der Waals surface area contributed by atoms with Crippen molar-refractivity contribution < 1.29 is 14.4 Å². The fourth-order valence-corrected chi connectivity index (χ4v) is 1.76. The van der Waals surface area contributed by atoms with Crippen molar-refractivity contribution in [3.63, 3.8) is 0 Å². The predicted octanol–water partition coefficient (Wildman–Crippen LogP) is 3.23. The Balaban J connectivity index is 2.13. The number of benzene rings is 1. The van der Waals surface area contributed by atoms with Crippen molar-refractivity contribution in [2.45, 2.75) is 6.92 Å². The number of hydrogen-bond donors (Lipinski definition) is 1. The summed E-state index contributed by atoms with van der Waals surface area (Å²) >= 11 is 0. The number of hydrogen-bond acceptors (Lipinski definition) is 6. The van der Waals surface area contributed by atoms with Crippen molar-refractivity contribution in [2.75, 3.05) is 25.1 Å². The van der Waals surface area contributed by atoms with Crippen LogP contribution in [0.4, 0.5) is 11.5 Å². The highest BCUT2D eigenvalue weighted by Crippen LogP contribution is 2.27. The number of ether oxygens (including phenoxy) is 2. The van der Waals surface area contributed by atoms with Gasteiger partial charge in [0, 0.05) is 25.3 Å². The molecule has 0 spiro atoms. The van der Waals surface area contributed by atoms with Crippen molar-refractivity contribution in [3.05, 3.63) is 52.6 Å². The number of nitro groups is 1. The third-order valence-electron chi connectivity index (χ3n) is 2.75. The Labute approximate surface area is 128 Å². The van der Waals surface area contributed by atoms with Crippen LogP contribution in [-0.2, 0) is 4.74 Å². The second-order valence-electron chi connectivity index (χ2n) is 4.31. The van der Waals surface area contributed by atoms with Gasteiger partial charge in [0.05, 0.1) is 11.5 Å². The molecule has 22 heavy (non-hydrogen) atoms. The first-order valence-corrected chi connectivity index (χ1v) is 6.90. The van der Waals surface area contributed by atoms with E-state index in [9.17, 15) is 10.1 Å². The van der Waals surface area contributed by atoms with E-state index in [-0.39, 0.29) is 17.4 Å². The Morgan fingerprint density at radius 1 is 1.23 bits per heavy atom. The summed E-state index contributed by atoms with van der Waals surface area (Å²) < 4.78 is 10.8. The van der Waals surface area contributed by atoms with Crippen molar-refractivity contribution >= 4 is 11.5 Å². The van der Waals surface area contributed by atoms with E-state index < -0.39 is 4.92 Å². The minimum atomic E-state index is -0.484. The molecule has 0 amide bonds. The quantitative estimate of drug-likeness (QED) is 0.457. The van der Waals surface area contributed by atoms with Crippen LogP contribution < -0.4 is 10.1 Å². The van der Waals surface area contributed by atoms with Gasteiger partial charge in [0.1, 0.15) is 5.75 Å². The Morgan fingerprint density at radius 3 is 2.68 bits per heavy atom. The molecule has 0 aliphatic rings. The Bertz CT molecular complexity index is 619. The van der Waals surface area contributed by atoms with Crippen LogP contribution in [0.15, 0.2) is 42.5 Å². The number of nitrogens with one attached hydrogen (secondary N) is 1. The van der Waals surface area contributed by atoms with E-state index in [1.807, 2.05) is 25.1 Å². The number of nitrogens with zero attached hydrogens (tertiary/aromatic N) is 2. The number of anilines is 1. The smallest absolute Gasteiger partial charge is 0.311 e. The fraction of sp³-hybridized carbons (Fsp3) is 0.267. The van der Waals surface area contributed by atoms with Gasteiger partial charge in [0.2, 0.25) is 11.7 Å². The lowest BCUT2D eigenvalue weighted by molar-refractivity contribution is -0.384. The zero-order chi connectivity index (χ0) is 15.8. The van der Waals surface area contributed by atoms with Crippen LogP contribution in [0, 0.1) is 10.1 Å². The van der Waals surface area contributed by atoms with Crippen molar-refractivity contribution in [2.24, 2.45) is 0 Å². The van der Waals surface area contributed by atoms with Crippen molar-refractivity contribution in [1.82, 2.24) is 4.98 Å². The molecule has 0 saturated carbocycles. The maximum Gasteiger partial charge on any atom is 0.311 e. The van der Waals surface area contributed by atoms with E-state index in [2.05, 4.69) is 10.3 Å². The summed E-state index contributed by atoms with van der Waals surface area (Å²) in [7, 11) is 0. The molecule has 2 aromatic rings. The molecule has 116 valence electrons. The lowest BCUT2D eigenvalue weighted by atomic mass is 10.3. The summed E-state index contributed by atoms with van der Waals surface area (Å²) in [4.78, 5) is 14.7. The maximum absolute atomic E-state index is 11.0. The first-order valence-electron chi connectivity index (χ1n) is 6.90. The highest BCUT2D eigenvalue weighted by atomic mass is 16.6. The largest absolute Gasteiger partial charge is 0.439 e. The lowest BCUT2D eigenvalue weighted by Crippen LogP contribution is -2.12. The van der Waals surface area contributed by atoms with E-state index >= 15 is 0 Å². The minimum Gasteiger partial charge on any atom is -0.439 e. The minimum absolute atomic E-state index is 0.100. The number of pyridine rings is 1. The first kappa shape index (κ1) is 15.7. The van der Waals surface area contributed by atoms with Crippen LogP contribution in [-0.4, -0.2) is 29.7 Å². The Morgan fingerprint density at radius 2 is 2.00 bits per heavy atom. The second-order valence-corrected chi connectivity index (χ2v) is 4.31. The second kappa shape index (κ2) is 7.94. The van der Waals surface area contributed by atoms with E-state index in [1.54, 1.807) is 12.1 Å². The van der Waals surface area contributed by atoms with E-state index in [1.165, 1.54) is 12.1 Å². The fourth-order valence-electron chi connectivity index (χ4n) is 1.76. The average Bonchev–Trinajstić information content (AvgIpc) is 2.52. The first-order chi connectivity index (χ1) is 10.7. The predicted molar refractivity (Wildman–Crippen MR) is 82.4 cm³/mol. The molecule has 7 nitrogen and oxygen atoms in total. The molecule has 0 aliphatic heterocycles. The zero-order valence-electron chi connectivity index (χ0n) is 12.2. The van der Waals surface area contributed by atoms with Gasteiger partial charge >= 0.3 is 5.69 Å². The van der Waals surface area contributed by atoms with Crippen molar-refractivity contribution in [1.29, 1.82) is 0 Å². The molecule has 0 atom stereocenters. The van der Waals surface area contributed by atoms with Gasteiger partial charge in [-0.3, -0.25) is 10.1 Å². The van der Waals surface area contributed by atoms with Crippen LogP contribution in [0.25, 0.3) is 0 Å². The van der Waals surface area contributed by atoms with E-state index in [0.717, 1.165) is 0 Å². The molecule has 7 heteroatoms. The topological polar surface area (TPSA) is 86.5 Å². The van der Waals surface area contributed by atoms with Gasteiger partial charge in [-0.1, -0.05) is 18.2 Å².